The van der Waals surface area contributed by atoms with Crippen LogP contribution in [0.5, 0.6) is 6.01 Å². The maximum absolute atomic E-state index is 5.91. The molecule has 0 saturated carbocycles. The van der Waals surface area contributed by atoms with Crippen molar-refractivity contribution in [1.29, 1.82) is 0 Å². The Balaban J connectivity index is 1.43. The largest absolute Gasteiger partial charge is 0.462 e. The molecule has 0 aliphatic carbocycles. The Hall–Kier alpha value is -2.75. The van der Waals surface area contributed by atoms with Crippen LogP contribution in [0.25, 0.3) is 0 Å². The molecule has 0 unspecified atom stereocenters. The van der Waals surface area contributed by atoms with Crippen molar-refractivity contribution in [3.8, 4) is 6.01 Å². The van der Waals surface area contributed by atoms with E-state index < -0.39 is 0 Å². The molecule has 4 rings (SSSR count). The number of morpholine rings is 2. The summed E-state index contributed by atoms with van der Waals surface area (Å²) in [6.45, 7) is 9.76. The van der Waals surface area contributed by atoms with Gasteiger partial charge in [0.1, 0.15) is 12.4 Å². The second-order valence-corrected chi connectivity index (χ2v) is 7.58. The van der Waals surface area contributed by atoms with Gasteiger partial charge < -0.3 is 19.1 Å². The molecule has 2 fully saturated rings. The minimum atomic E-state index is 0.352. The number of nitrogens with one attached hydrogen (secondary N) is 1. The fourth-order valence-electron chi connectivity index (χ4n) is 3.50. The average Bonchev–Trinajstić information content (AvgIpc) is 2.80. The third-order valence-corrected chi connectivity index (χ3v) is 5.20. The molecule has 2 aromatic rings. The molecule has 3 heterocycles. The number of aryl methyl sites for hydroxylation is 1. The molecule has 9 nitrogen and oxygen atoms in total. The van der Waals surface area contributed by atoms with Gasteiger partial charge in [0.2, 0.25) is 0 Å². The summed E-state index contributed by atoms with van der Waals surface area (Å²) in [4.78, 5) is 13.6. The van der Waals surface area contributed by atoms with Gasteiger partial charge in [0, 0.05) is 38.8 Å². The van der Waals surface area contributed by atoms with E-state index in [0.29, 0.717) is 31.6 Å². The van der Waals surface area contributed by atoms with Gasteiger partial charge in [-0.3, -0.25) is 10.3 Å². The van der Waals surface area contributed by atoms with Crippen LogP contribution in [0.1, 0.15) is 11.1 Å². The molecule has 0 atom stereocenters. The summed E-state index contributed by atoms with van der Waals surface area (Å²) in [5.41, 5.74) is 5.24. The molecule has 0 spiro atoms. The molecular formula is C22H30N6O3. The smallest absolute Gasteiger partial charge is 0.320 e. The quantitative estimate of drug-likeness (QED) is 0.505. The first-order valence-corrected chi connectivity index (χ1v) is 10.8. The molecule has 166 valence electrons. The molecule has 31 heavy (non-hydrogen) atoms. The minimum Gasteiger partial charge on any atom is -0.462 e. The molecular weight excluding hydrogens is 396 g/mol. The minimum absolute atomic E-state index is 0.352. The zero-order valence-electron chi connectivity index (χ0n) is 18.0. The second-order valence-electron chi connectivity index (χ2n) is 7.58. The Morgan fingerprint density at radius 1 is 1.06 bits per heavy atom. The predicted molar refractivity (Wildman–Crippen MR) is 120 cm³/mol. The average molecular weight is 427 g/mol. The third-order valence-electron chi connectivity index (χ3n) is 5.20. The molecule has 1 aromatic heterocycles. The van der Waals surface area contributed by atoms with Gasteiger partial charge in [-0.1, -0.05) is 29.8 Å². The molecule has 2 aliphatic heterocycles. The van der Waals surface area contributed by atoms with Crippen LogP contribution in [0, 0.1) is 6.92 Å². The molecule has 9 heteroatoms. The number of benzene rings is 1. The monoisotopic (exact) mass is 426 g/mol. The summed E-state index contributed by atoms with van der Waals surface area (Å²) in [5.74, 6) is 1.41. The fraction of sp³-hybridized carbons (Fsp3) is 0.500. The highest BCUT2D eigenvalue weighted by Crippen LogP contribution is 2.20. The molecule has 1 aromatic carbocycles. The molecule has 2 aliphatic rings. The number of hydrogen-bond donors (Lipinski definition) is 1. The van der Waals surface area contributed by atoms with Gasteiger partial charge in [-0.15, -0.1) is 0 Å². The lowest BCUT2D eigenvalue weighted by atomic mass is 10.2. The Bertz CT molecular complexity index is 866. The topological polar surface area (TPSA) is 84.3 Å². The summed E-state index contributed by atoms with van der Waals surface area (Å²) in [6, 6.07) is 10.4. The summed E-state index contributed by atoms with van der Waals surface area (Å²) in [5, 5.41) is 4.35. The van der Waals surface area contributed by atoms with E-state index in [0.717, 1.165) is 57.3 Å². The lowest BCUT2D eigenvalue weighted by Gasteiger charge is -2.28. The van der Waals surface area contributed by atoms with E-state index in [1.807, 2.05) is 18.2 Å². The van der Waals surface area contributed by atoms with Crippen molar-refractivity contribution in [3.05, 3.63) is 41.5 Å². The number of aromatic nitrogens is 2. The van der Waals surface area contributed by atoms with Crippen LogP contribution in [0.15, 0.2) is 35.4 Å². The number of anilines is 2. The van der Waals surface area contributed by atoms with Gasteiger partial charge in [0.05, 0.1) is 32.6 Å². The first kappa shape index (κ1) is 21.5. The van der Waals surface area contributed by atoms with Gasteiger partial charge in [-0.05, 0) is 12.5 Å². The van der Waals surface area contributed by atoms with Crippen LogP contribution in [0.3, 0.4) is 0 Å². The van der Waals surface area contributed by atoms with Gasteiger partial charge in [0.25, 0.3) is 0 Å². The highest BCUT2D eigenvalue weighted by molar-refractivity contribution is 5.80. The van der Waals surface area contributed by atoms with Gasteiger partial charge in [-0.2, -0.15) is 15.1 Å². The van der Waals surface area contributed by atoms with Crippen molar-refractivity contribution < 1.29 is 14.2 Å². The first-order chi connectivity index (χ1) is 15.3. The van der Waals surface area contributed by atoms with E-state index in [1.54, 1.807) is 6.21 Å². The van der Waals surface area contributed by atoms with Gasteiger partial charge in [0.15, 0.2) is 5.82 Å². The third kappa shape index (κ3) is 6.61. The summed E-state index contributed by atoms with van der Waals surface area (Å²) in [6.07, 6.45) is 1.78. The molecule has 2 saturated heterocycles. The van der Waals surface area contributed by atoms with Crippen molar-refractivity contribution in [2.24, 2.45) is 5.10 Å². The van der Waals surface area contributed by atoms with Crippen LogP contribution in [0.2, 0.25) is 0 Å². The zero-order valence-corrected chi connectivity index (χ0v) is 18.0. The van der Waals surface area contributed by atoms with Gasteiger partial charge >= 0.3 is 6.01 Å². The van der Waals surface area contributed by atoms with Crippen LogP contribution >= 0.6 is 0 Å². The lowest BCUT2D eigenvalue weighted by Crippen LogP contribution is -2.39. The lowest BCUT2D eigenvalue weighted by molar-refractivity contribution is 0.0317. The molecule has 0 amide bonds. The number of rotatable bonds is 8. The Kier molecular flexibility index (Phi) is 7.65. The van der Waals surface area contributed by atoms with Crippen LogP contribution in [-0.2, 0) is 9.47 Å². The SMILES string of the molecule is Cc1cccc(C=NNc2cc(N3CCOCC3)nc(OCCN3CCOCC3)n2)c1. The van der Waals surface area contributed by atoms with E-state index in [-0.39, 0.29) is 0 Å². The molecule has 0 radical (unpaired) electrons. The number of hydrazone groups is 1. The van der Waals surface area contributed by atoms with E-state index in [2.05, 4.69) is 49.4 Å². The Morgan fingerprint density at radius 3 is 2.61 bits per heavy atom. The van der Waals surface area contributed by atoms with Crippen LogP contribution in [-0.4, -0.2) is 86.8 Å². The summed E-state index contributed by atoms with van der Waals surface area (Å²) < 4.78 is 16.8. The Morgan fingerprint density at radius 2 is 1.84 bits per heavy atom. The maximum Gasteiger partial charge on any atom is 0.320 e. The van der Waals surface area contributed by atoms with E-state index >= 15 is 0 Å². The number of ether oxygens (including phenoxy) is 3. The number of hydrogen-bond acceptors (Lipinski definition) is 9. The number of nitrogens with zero attached hydrogens (tertiary/aromatic N) is 5. The van der Waals surface area contributed by atoms with Crippen molar-refractivity contribution in [3.63, 3.8) is 0 Å². The van der Waals surface area contributed by atoms with Crippen molar-refractivity contribution in [1.82, 2.24) is 14.9 Å². The Labute approximate surface area is 183 Å². The highest BCUT2D eigenvalue weighted by atomic mass is 16.5. The van der Waals surface area contributed by atoms with E-state index in [1.165, 1.54) is 5.56 Å². The van der Waals surface area contributed by atoms with Crippen molar-refractivity contribution >= 4 is 17.9 Å². The zero-order chi connectivity index (χ0) is 21.3. The van der Waals surface area contributed by atoms with Gasteiger partial charge in [-0.25, -0.2) is 0 Å². The predicted octanol–water partition coefficient (Wildman–Crippen LogP) is 1.78. The van der Waals surface area contributed by atoms with Crippen LogP contribution < -0.4 is 15.1 Å². The standard InChI is InChI=1S/C22H30N6O3/c1-18-3-2-4-19(15-18)17-23-26-20-16-21(28-8-12-30-13-9-28)25-22(24-20)31-14-7-27-5-10-29-11-6-27/h2-4,15-17H,5-14H2,1H3,(H,24,25,26). The molecule has 1 N–H and O–H groups in total. The second kappa shape index (κ2) is 11.0. The van der Waals surface area contributed by atoms with Crippen molar-refractivity contribution in [2.45, 2.75) is 6.92 Å². The van der Waals surface area contributed by atoms with Crippen molar-refractivity contribution in [2.75, 3.05) is 76.1 Å². The fourth-order valence-corrected chi connectivity index (χ4v) is 3.50. The van der Waals surface area contributed by atoms with Crippen LogP contribution in [0.4, 0.5) is 11.6 Å². The highest BCUT2D eigenvalue weighted by Gasteiger charge is 2.16. The maximum atomic E-state index is 5.91. The van der Waals surface area contributed by atoms with E-state index in [4.69, 9.17) is 14.2 Å². The normalized spacial score (nSPS) is 17.8. The summed E-state index contributed by atoms with van der Waals surface area (Å²) in [7, 11) is 0. The van der Waals surface area contributed by atoms with E-state index in [9.17, 15) is 0 Å². The summed E-state index contributed by atoms with van der Waals surface area (Å²) >= 11 is 0. The molecule has 0 bridgehead atoms. The first-order valence-electron chi connectivity index (χ1n) is 10.8.